The summed E-state index contributed by atoms with van der Waals surface area (Å²) in [6.45, 7) is 3.85. The van der Waals surface area contributed by atoms with Crippen molar-refractivity contribution in [3.8, 4) is 0 Å². The molecule has 2 nitrogen and oxygen atoms in total. The highest BCUT2D eigenvalue weighted by atomic mass is 79.9. The Morgan fingerprint density at radius 1 is 1.53 bits per heavy atom. The molecule has 0 unspecified atom stereocenters. The van der Waals surface area contributed by atoms with Gasteiger partial charge in [0.15, 0.2) is 0 Å². The molecule has 1 atom stereocenters. The summed E-state index contributed by atoms with van der Waals surface area (Å²) in [6.07, 6.45) is 0. The topological polar surface area (TPSA) is 46.2 Å². The lowest BCUT2D eigenvalue weighted by Crippen LogP contribution is -2.32. The minimum absolute atomic E-state index is 0.0248. The van der Waals surface area contributed by atoms with Gasteiger partial charge in [0.25, 0.3) is 0 Å². The van der Waals surface area contributed by atoms with Gasteiger partial charge >= 0.3 is 0 Å². The molecule has 4 heteroatoms. The molecule has 0 saturated heterocycles. The van der Waals surface area contributed by atoms with Crippen molar-refractivity contribution in [2.45, 2.75) is 19.9 Å². The first-order chi connectivity index (χ1) is 6.88. The maximum absolute atomic E-state index is 9.25. The summed E-state index contributed by atoms with van der Waals surface area (Å²) in [7, 11) is 0. The maximum Gasteiger partial charge on any atom is 0.0500 e. The molecule has 0 radical (unpaired) electrons. The number of hydrogen-bond donors (Lipinski definition) is 2. The van der Waals surface area contributed by atoms with E-state index in [0.29, 0.717) is 5.02 Å². The monoisotopic (exact) mass is 291 g/mol. The third kappa shape index (κ3) is 2.94. The summed E-state index contributed by atoms with van der Waals surface area (Å²) >= 11 is 9.45. The summed E-state index contributed by atoms with van der Waals surface area (Å²) in [6, 6.07) is 5.27. The van der Waals surface area contributed by atoms with Crippen LogP contribution in [0.4, 0.5) is 0 Å². The van der Waals surface area contributed by atoms with Gasteiger partial charge in [0.2, 0.25) is 0 Å². The van der Waals surface area contributed by atoms with Gasteiger partial charge in [0.1, 0.15) is 0 Å². The molecule has 0 saturated carbocycles. The predicted octanol–water partition coefficient (Wildman–Crippen LogP) is 3.12. The molecule has 0 aliphatic rings. The molecule has 3 N–H and O–H groups in total. The smallest absolute Gasteiger partial charge is 0.0500 e. The van der Waals surface area contributed by atoms with Gasteiger partial charge < -0.3 is 10.8 Å². The molecule has 0 fully saturated rings. The first kappa shape index (κ1) is 13.0. The fourth-order valence-corrected chi connectivity index (χ4v) is 1.89. The van der Waals surface area contributed by atoms with Crippen molar-refractivity contribution in [2.24, 2.45) is 11.1 Å². The predicted molar refractivity (Wildman–Crippen MR) is 66.9 cm³/mol. The number of nitrogens with two attached hydrogens (primary N) is 1. The number of aliphatic hydroxyl groups is 1. The first-order valence-corrected chi connectivity index (χ1v) is 5.87. The molecule has 0 heterocycles. The Hall–Kier alpha value is -0.0900. The third-order valence-electron chi connectivity index (χ3n) is 2.54. The molecule has 15 heavy (non-hydrogen) atoms. The Kier molecular flexibility index (Phi) is 4.18. The van der Waals surface area contributed by atoms with E-state index in [4.69, 9.17) is 17.3 Å². The second kappa shape index (κ2) is 4.83. The van der Waals surface area contributed by atoms with Crippen molar-refractivity contribution in [1.29, 1.82) is 0 Å². The lowest BCUT2D eigenvalue weighted by molar-refractivity contribution is 0.132. The quantitative estimate of drug-likeness (QED) is 0.899. The van der Waals surface area contributed by atoms with Crippen LogP contribution in [-0.2, 0) is 0 Å². The van der Waals surface area contributed by atoms with Crippen LogP contribution < -0.4 is 5.73 Å². The zero-order valence-corrected chi connectivity index (χ0v) is 11.1. The number of rotatable bonds is 3. The average molecular weight is 293 g/mol. The van der Waals surface area contributed by atoms with Gasteiger partial charge in [-0.25, -0.2) is 0 Å². The van der Waals surface area contributed by atoms with E-state index >= 15 is 0 Å². The number of hydrogen-bond acceptors (Lipinski definition) is 2. The van der Waals surface area contributed by atoms with Gasteiger partial charge in [-0.1, -0.05) is 41.4 Å². The van der Waals surface area contributed by atoms with Gasteiger partial charge in [-0.2, -0.15) is 0 Å². The Bertz CT molecular complexity index is 354. The van der Waals surface area contributed by atoms with Crippen molar-refractivity contribution in [3.05, 3.63) is 33.3 Å². The number of halogens is 2. The summed E-state index contributed by atoms with van der Waals surface area (Å²) < 4.78 is 0.936. The minimum atomic E-state index is -0.384. The van der Waals surface area contributed by atoms with Gasteiger partial charge in [0, 0.05) is 27.6 Å². The highest BCUT2D eigenvalue weighted by Gasteiger charge is 2.28. The van der Waals surface area contributed by atoms with Crippen molar-refractivity contribution >= 4 is 27.5 Å². The zero-order chi connectivity index (χ0) is 11.6. The molecule has 0 bridgehead atoms. The Morgan fingerprint density at radius 2 is 2.13 bits per heavy atom. The summed E-state index contributed by atoms with van der Waals surface area (Å²) in [4.78, 5) is 0. The summed E-state index contributed by atoms with van der Waals surface area (Å²) in [5, 5.41) is 9.88. The molecule has 1 rings (SSSR count). The van der Waals surface area contributed by atoms with Gasteiger partial charge in [-0.05, 0) is 23.8 Å². The van der Waals surface area contributed by atoms with Crippen LogP contribution in [0.25, 0.3) is 0 Å². The van der Waals surface area contributed by atoms with Crippen LogP contribution in [0.1, 0.15) is 25.5 Å². The standard InChI is InChI=1S/C11H15BrClNO/c1-11(2,6-15)10(14)8-5-7(12)3-4-9(8)13/h3-5,10,15H,6,14H2,1-2H3/t10-/m1/s1. The van der Waals surface area contributed by atoms with Crippen LogP contribution in [-0.4, -0.2) is 11.7 Å². The molecule has 84 valence electrons. The molecule has 0 aliphatic carbocycles. The van der Waals surface area contributed by atoms with Gasteiger partial charge in [-0.15, -0.1) is 0 Å². The summed E-state index contributed by atoms with van der Waals surface area (Å²) in [5.41, 5.74) is 6.56. The number of aliphatic hydroxyl groups excluding tert-OH is 1. The lowest BCUT2D eigenvalue weighted by Gasteiger charge is -2.30. The van der Waals surface area contributed by atoms with E-state index in [-0.39, 0.29) is 18.1 Å². The maximum atomic E-state index is 9.25. The zero-order valence-electron chi connectivity index (χ0n) is 8.80. The van der Waals surface area contributed by atoms with E-state index < -0.39 is 0 Å². The van der Waals surface area contributed by atoms with E-state index in [1.807, 2.05) is 26.0 Å². The van der Waals surface area contributed by atoms with Crippen molar-refractivity contribution in [2.75, 3.05) is 6.61 Å². The SMILES string of the molecule is CC(C)(CO)[C@H](N)c1cc(Br)ccc1Cl. The van der Waals surface area contributed by atoms with Crippen LogP contribution in [0.15, 0.2) is 22.7 Å². The minimum Gasteiger partial charge on any atom is -0.396 e. The van der Waals surface area contributed by atoms with Crippen LogP contribution in [0.5, 0.6) is 0 Å². The molecule has 1 aromatic carbocycles. The third-order valence-corrected chi connectivity index (χ3v) is 3.38. The fraction of sp³-hybridized carbons (Fsp3) is 0.455. The van der Waals surface area contributed by atoms with Crippen LogP contribution in [0.2, 0.25) is 5.02 Å². The normalized spacial score (nSPS) is 14.0. The van der Waals surface area contributed by atoms with Crippen LogP contribution >= 0.6 is 27.5 Å². The first-order valence-electron chi connectivity index (χ1n) is 4.70. The van der Waals surface area contributed by atoms with Crippen LogP contribution in [0, 0.1) is 5.41 Å². The van der Waals surface area contributed by atoms with E-state index in [2.05, 4.69) is 15.9 Å². The molecule has 0 spiro atoms. The van der Waals surface area contributed by atoms with Gasteiger partial charge in [-0.3, -0.25) is 0 Å². The molecule has 0 amide bonds. The van der Waals surface area contributed by atoms with Crippen molar-refractivity contribution in [3.63, 3.8) is 0 Å². The van der Waals surface area contributed by atoms with E-state index in [9.17, 15) is 5.11 Å². The molecule has 1 aromatic rings. The van der Waals surface area contributed by atoms with E-state index in [1.54, 1.807) is 6.07 Å². The highest BCUT2D eigenvalue weighted by Crippen LogP contribution is 2.35. The Balaban J connectivity index is 3.10. The molecule has 0 aliphatic heterocycles. The average Bonchev–Trinajstić information content (AvgIpc) is 2.20. The number of benzene rings is 1. The highest BCUT2D eigenvalue weighted by molar-refractivity contribution is 9.10. The fourth-order valence-electron chi connectivity index (χ4n) is 1.27. The molecule has 0 aromatic heterocycles. The van der Waals surface area contributed by atoms with E-state index in [1.165, 1.54) is 0 Å². The second-order valence-electron chi connectivity index (χ2n) is 4.29. The molecular weight excluding hydrogens is 277 g/mol. The van der Waals surface area contributed by atoms with E-state index in [0.717, 1.165) is 10.0 Å². The second-order valence-corrected chi connectivity index (χ2v) is 5.61. The summed E-state index contributed by atoms with van der Waals surface area (Å²) in [5.74, 6) is 0. The van der Waals surface area contributed by atoms with Crippen molar-refractivity contribution < 1.29 is 5.11 Å². The van der Waals surface area contributed by atoms with Gasteiger partial charge in [0.05, 0.1) is 0 Å². The Labute approximate surface area is 104 Å². The Morgan fingerprint density at radius 3 is 2.67 bits per heavy atom. The molecular formula is C11H15BrClNO. The van der Waals surface area contributed by atoms with Crippen molar-refractivity contribution in [1.82, 2.24) is 0 Å². The largest absolute Gasteiger partial charge is 0.396 e. The van der Waals surface area contributed by atoms with Crippen LogP contribution in [0.3, 0.4) is 0 Å². The lowest BCUT2D eigenvalue weighted by atomic mass is 9.82.